The maximum absolute atomic E-state index is 13.0. The van der Waals surface area contributed by atoms with E-state index in [1.807, 2.05) is 0 Å². The van der Waals surface area contributed by atoms with Crippen LogP contribution >= 0.6 is 0 Å². The SMILES string of the molecule is CS(=O)(=O)c1cccc(C(=O)Nc2ccc(F)c(F)c2)c1. The summed E-state index contributed by atoms with van der Waals surface area (Å²) in [4.78, 5) is 12.0. The number of carbonyl (C=O) groups is 1. The fourth-order valence-corrected chi connectivity index (χ4v) is 2.31. The molecule has 2 aromatic carbocycles. The molecule has 0 radical (unpaired) electrons. The number of sulfone groups is 1. The van der Waals surface area contributed by atoms with Gasteiger partial charge in [0.1, 0.15) is 0 Å². The molecule has 0 aliphatic rings. The van der Waals surface area contributed by atoms with E-state index in [0.717, 1.165) is 18.4 Å². The topological polar surface area (TPSA) is 63.2 Å². The van der Waals surface area contributed by atoms with E-state index in [4.69, 9.17) is 0 Å². The van der Waals surface area contributed by atoms with Crippen molar-refractivity contribution in [3.05, 3.63) is 59.7 Å². The summed E-state index contributed by atoms with van der Waals surface area (Å²) >= 11 is 0. The van der Waals surface area contributed by atoms with E-state index >= 15 is 0 Å². The predicted molar refractivity (Wildman–Crippen MR) is 73.9 cm³/mol. The van der Waals surface area contributed by atoms with Crippen LogP contribution in [-0.4, -0.2) is 20.6 Å². The first-order valence-electron chi connectivity index (χ1n) is 5.84. The molecule has 2 aromatic rings. The number of amides is 1. The van der Waals surface area contributed by atoms with Crippen LogP contribution in [0.1, 0.15) is 10.4 Å². The molecule has 7 heteroatoms. The lowest BCUT2D eigenvalue weighted by Crippen LogP contribution is -2.13. The number of carbonyl (C=O) groups excluding carboxylic acids is 1. The average molecular weight is 311 g/mol. The molecule has 0 saturated heterocycles. The Bertz CT molecular complexity index is 804. The van der Waals surface area contributed by atoms with Crippen LogP contribution in [0, 0.1) is 11.6 Å². The molecule has 0 atom stereocenters. The van der Waals surface area contributed by atoms with Gasteiger partial charge in [0.15, 0.2) is 21.5 Å². The first-order valence-corrected chi connectivity index (χ1v) is 7.73. The molecular formula is C14H11F2NO3S. The molecule has 0 spiro atoms. The van der Waals surface area contributed by atoms with Crippen molar-refractivity contribution in [1.82, 2.24) is 0 Å². The van der Waals surface area contributed by atoms with Gasteiger partial charge in [0.2, 0.25) is 0 Å². The van der Waals surface area contributed by atoms with E-state index in [1.165, 1.54) is 30.3 Å². The number of hydrogen-bond acceptors (Lipinski definition) is 3. The van der Waals surface area contributed by atoms with E-state index in [-0.39, 0.29) is 16.1 Å². The molecule has 0 aromatic heterocycles. The van der Waals surface area contributed by atoms with Crippen molar-refractivity contribution in [2.45, 2.75) is 4.90 Å². The van der Waals surface area contributed by atoms with Crippen LogP contribution < -0.4 is 5.32 Å². The Balaban J connectivity index is 2.26. The summed E-state index contributed by atoms with van der Waals surface area (Å²) < 4.78 is 48.7. The molecule has 0 unspecified atom stereocenters. The summed E-state index contributed by atoms with van der Waals surface area (Å²) in [6, 6.07) is 8.36. The van der Waals surface area contributed by atoms with Crippen molar-refractivity contribution in [2.75, 3.05) is 11.6 Å². The lowest BCUT2D eigenvalue weighted by molar-refractivity contribution is 0.102. The van der Waals surface area contributed by atoms with Crippen LogP contribution in [0.15, 0.2) is 47.4 Å². The minimum absolute atomic E-state index is 0.000404. The Hall–Kier alpha value is -2.28. The minimum Gasteiger partial charge on any atom is -0.322 e. The van der Waals surface area contributed by atoms with Gasteiger partial charge in [-0.3, -0.25) is 4.79 Å². The van der Waals surface area contributed by atoms with E-state index in [0.29, 0.717) is 0 Å². The summed E-state index contributed by atoms with van der Waals surface area (Å²) in [7, 11) is -3.43. The van der Waals surface area contributed by atoms with Gasteiger partial charge in [-0.25, -0.2) is 17.2 Å². The van der Waals surface area contributed by atoms with Gasteiger partial charge >= 0.3 is 0 Å². The Morgan fingerprint density at radius 2 is 1.76 bits per heavy atom. The Morgan fingerprint density at radius 1 is 1.05 bits per heavy atom. The van der Waals surface area contributed by atoms with Gasteiger partial charge in [-0.1, -0.05) is 6.07 Å². The van der Waals surface area contributed by atoms with Crippen LogP contribution in [0.2, 0.25) is 0 Å². The van der Waals surface area contributed by atoms with Gasteiger partial charge in [0, 0.05) is 23.6 Å². The van der Waals surface area contributed by atoms with Crippen molar-refractivity contribution in [2.24, 2.45) is 0 Å². The number of anilines is 1. The number of rotatable bonds is 3. The quantitative estimate of drug-likeness (QED) is 0.948. The fourth-order valence-electron chi connectivity index (χ4n) is 1.65. The molecule has 0 aliphatic carbocycles. The van der Waals surface area contributed by atoms with E-state index < -0.39 is 27.4 Å². The normalized spacial score (nSPS) is 11.2. The second-order valence-electron chi connectivity index (χ2n) is 4.38. The molecule has 0 aliphatic heterocycles. The molecule has 1 amide bonds. The Morgan fingerprint density at radius 3 is 2.38 bits per heavy atom. The number of benzene rings is 2. The molecule has 0 heterocycles. The molecule has 2 rings (SSSR count). The third-order valence-corrected chi connectivity index (χ3v) is 3.81. The number of hydrogen-bond donors (Lipinski definition) is 1. The molecule has 110 valence electrons. The summed E-state index contributed by atoms with van der Waals surface area (Å²) in [6.07, 6.45) is 1.03. The summed E-state index contributed by atoms with van der Waals surface area (Å²) in [6.45, 7) is 0. The highest BCUT2D eigenvalue weighted by atomic mass is 32.2. The van der Waals surface area contributed by atoms with Crippen molar-refractivity contribution < 1.29 is 22.0 Å². The predicted octanol–water partition coefficient (Wildman–Crippen LogP) is 2.62. The standard InChI is InChI=1S/C14H11F2NO3S/c1-21(19,20)11-4-2-3-9(7-11)14(18)17-10-5-6-12(15)13(16)8-10/h2-8H,1H3,(H,17,18). The van der Waals surface area contributed by atoms with Crippen molar-refractivity contribution in [3.63, 3.8) is 0 Å². The number of nitrogens with one attached hydrogen (secondary N) is 1. The zero-order chi connectivity index (χ0) is 15.6. The molecule has 0 saturated carbocycles. The van der Waals surface area contributed by atoms with Crippen molar-refractivity contribution >= 4 is 21.4 Å². The van der Waals surface area contributed by atoms with Gasteiger partial charge in [0.05, 0.1) is 4.90 Å². The van der Waals surface area contributed by atoms with Crippen LogP contribution in [0.4, 0.5) is 14.5 Å². The van der Waals surface area contributed by atoms with Crippen molar-refractivity contribution in [3.8, 4) is 0 Å². The second kappa shape index (κ2) is 5.61. The third kappa shape index (κ3) is 3.63. The van der Waals surface area contributed by atoms with E-state index in [9.17, 15) is 22.0 Å². The lowest BCUT2D eigenvalue weighted by Gasteiger charge is -2.07. The van der Waals surface area contributed by atoms with Crippen molar-refractivity contribution in [1.29, 1.82) is 0 Å². The Kier molecular flexibility index (Phi) is 4.04. The molecular weight excluding hydrogens is 300 g/mol. The zero-order valence-electron chi connectivity index (χ0n) is 10.9. The van der Waals surface area contributed by atoms with E-state index in [2.05, 4.69) is 5.32 Å². The summed E-state index contributed by atoms with van der Waals surface area (Å²) in [5.74, 6) is -2.73. The maximum Gasteiger partial charge on any atom is 0.255 e. The molecule has 21 heavy (non-hydrogen) atoms. The zero-order valence-corrected chi connectivity index (χ0v) is 11.7. The van der Waals surface area contributed by atoms with Crippen LogP contribution in [0.3, 0.4) is 0 Å². The highest BCUT2D eigenvalue weighted by Gasteiger charge is 2.12. The molecule has 0 bridgehead atoms. The lowest BCUT2D eigenvalue weighted by atomic mass is 10.2. The smallest absolute Gasteiger partial charge is 0.255 e. The monoisotopic (exact) mass is 311 g/mol. The highest BCUT2D eigenvalue weighted by molar-refractivity contribution is 7.90. The van der Waals surface area contributed by atoms with Gasteiger partial charge < -0.3 is 5.32 Å². The van der Waals surface area contributed by atoms with Crippen LogP contribution in [0.5, 0.6) is 0 Å². The summed E-state index contributed by atoms with van der Waals surface area (Å²) in [5.41, 5.74) is 0.173. The van der Waals surface area contributed by atoms with Crippen LogP contribution in [-0.2, 0) is 9.84 Å². The van der Waals surface area contributed by atoms with Crippen LogP contribution in [0.25, 0.3) is 0 Å². The van der Waals surface area contributed by atoms with Gasteiger partial charge in [0.25, 0.3) is 5.91 Å². The molecule has 0 fully saturated rings. The van der Waals surface area contributed by atoms with Gasteiger partial charge in [-0.05, 0) is 30.3 Å². The van der Waals surface area contributed by atoms with Gasteiger partial charge in [-0.15, -0.1) is 0 Å². The van der Waals surface area contributed by atoms with Gasteiger partial charge in [-0.2, -0.15) is 0 Å². The molecule has 1 N–H and O–H groups in total. The third-order valence-electron chi connectivity index (χ3n) is 2.70. The first-order chi connectivity index (χ1) is 9.77. The average Bonchev–Trinajstić information content (AvgIpc) is 2.42. The minimum atomic E-state index is -3.43. The maximum atomic E-state index is 13.0. The number of halogens is 2. The first kappa shape index (κ1) is 15.1. The van der Waals surface area contributed by atoms with E-state index in [1.54, 1.807) is 0 Å². The summed E-state index contributed by atoms with van der Waals surface area (Å²) in [5, 5.41) is 2.36. The fraction of sp³-hybridized carbons (Fsp3) is 0.0714. The Labute approximate surface area is 120 Å². The highest BCUT2D eigenvalue weighted by Crippen LogP contribution is 2.16. The molecule has 4 nitrogen and oxygen atoms in total. The second-order valence-corrected chi connectivity index (χ2v) is 6.40. The largest absolute Gasteiger partial charge is 0.322 e.